The number of benzene rings is 1. The highest BCUT2D eigenvalue weighted by Crippen LogP contribution is 2.20. The Labute approximate surface area is 148 Å². The van der Waals surface area contributed by atoms with Crippen molar-refractivity contribution in [2.75, 3.05) is 11.9 Å². The summed E-state index contributed by atoms with van der Waals surface area (Å²) < 4.78 is 6.57. The van der Waals surface area contributed by atoms with Gasteiger partial charge in [-0.25, -0.2) is 14.3 Å². The van der Waals surface area contributed by atoms with Gasteiger partial charge in [-0.05, 0) is 37.6 Å². The van der Waals surface area contributed by atoms with Crippen molar-refractivity contribution >= 4 is 34.8 Å². The van der Waals surface area contributed by atoms with Gasteiger partial charge in [0.2, 0.25) is 0 Å². The van der Waals surface area contributed by atoms with E-state index in [1.165, 1.54) is 4.52 Å². The molecule has 0 spiro atoms. The van der Waals surface area contributed by atoms with Gasteiger partial charge in [-0.15, -0.1) is 0 Å². The lowest BCUT2D eigenvalue weighted by atomic mass is 10.2. The maximum Gasteiger partial charge on any atom is 0.344 e. The molecule has 1 aromatic carbocycles. The molecule has 0 bridgehead atoms. The molecule has 1 N–H and O–H groups in total. The molecule has 3 rings (SSSR count). The minimum atomic E-state index is -0.650. The molecule has 8 heteroatoms. The number of anilines is 1. The number of fused-ring (bicyclic) bond motifs is 1. The topological polar surface area (TPSA) is 85.6 Å². The average molecular weight is 359 g/mol. The first kappa shape index (κ1) is 16.9. The van der Waals surface area contributed by atoms with E-state index in [2.05, 4.69) is 15.4 Å². The van der Waals surface area contributed by atoms with E-state index in [0.29, 0.717) is 22.1 Å². The lowest BCUT2D eigenvalue weighted by molar-refractivity contribution is -0.119. The highest BCUT2D eigenvalue weighted by molar-refractivity contribution is 6.31. The molecule has 0 aliphatic carbocycles. The van der Waals surface area contributed by atoms with Crippen molar-refractivity contribution in [3.8, 4) is 0 Å². The van der Waals surface area contributed by atoms with E-state index >= 15 is 0 Å². The summed E-state index contributed by atoms with van der Waals surface area (Å²) in [7, 11) is 0. The maximum atomic E-state index is 12.3. The first-order valence-corrected chi connectivity index (χ1v) is 7.86. The molecule has 1 amide bonds. The van der Waals surface area contributed by atoms with Gasteiger partial charge < -0.3 is 10.1 Å². The van der Waals surface area contributed by atoms with Crippen LogP contribution < -0.4 is 5.32 Å². The molecule has 0 saturated heterocycles. The SMILES string of the molecule is Cc1ccc(NC(=O)COC(=O)c2c(C)nn3cccnc23)cc1Cl. The van der Waals surface area contributed by atoms with E-state index in [1.54, 1.807) is 43.6 Å². The summed E-state index contributed by atoms with van der Waals surface area (Å²) in [6, 6.07) is 6.85. The molecule has 0 radical (unpaired) electrons. The number of aryl methyl sites for hydroxylation is 2. The molecule has 2 aromatic heterocycles. The van der Waals surface area contributed by atoms with Crippen LogP contribution in [0, 0.1) is 13.8 Å². The molecule has 0 atom stereocenters. The van der Waals surface area contributed by atoms with Gasteiger partial charge in [0.1, 0.15) is 5.56 Å². The number of carbonyl (C=O) groups excluding carboxylic acids is 2. The molecule has 25 heavy (non-hydrogen) atoms. The number of rotatable bonds is 4. The van der Waals surface area contributed by atoms with Crippen molar-refractivity contribution in [3.63, 3.8) is 0 Å². The molecule has 0 fully saturated rings. The van der Waals surface area contributed by atoms with E-state index in [9.17, 15) is 9.59 Å². The Morgan fingerprint density at radius 3 is 2.88 bits per heavy atom. The fourth-order valence-electron chi connectivity index (χ4n) is 2.31. The van der Waals surface area contributed by atoms with Crippen LogP contribution in [-0.2, 0) is 9.53 Å². The van der Waals surface area contributed by atoms with E-state index < -0.39 is 18.5 Å². The number of nitrogens with one attached hydrogen (secondary N) is 1. The number of hydrogen-bond donors (Lipinski definition) is 1. The third kappa shape index (κ3) is 3.61. The minimum absolute atomic E-state index is 0.242. The summed E-state index contributed by atoms with van der Waals surface area (Å²) in [6.45, 7) is 3.12. The Kier molecular flexibility index (Phi) is 4.67. The molecule has 0 aliphatic rings. The minimum Gasteiger partial charge on any atom is -0.452 e. The Hall–Kier alpha value is -2.93. The van der Waals surface area contributed by atoms with E-state index in [4.69, 9.17) is 16.3 Å². The van der Waals surface area contributed by atoms with Gasteiger partial charge in [0.25, 0.3) is 5.91 Å². The summed E-state index contributed by atoms with van der Waals surface area (Å²) >= 11 is 6.01. The number of esters is 1. The van der Waals surface area contributed by atoms with Crippen molar-refractivity contribution < 1.29 is 14.3 Å². The van der Waals surface area contributed by atoms with Gasteiger partial charge in [0.05, 0.1) is 5.69 Å². The number of aromatic nitrogens is 3. The number of amides is 1. The zero-order valence-electron chi connectivity index (χ0n) is 13.6. The lowest BCUT2D eigenvalue weighted by Crippen LogP contribution is -2.21. The summed E-state index contributed by atoms with van der Waals surface area (Å²) in [5.41, 5.74) is 2.55. The highest BCUT2D eigenvalue weighted by atomic mass is 35.5. The van der Waals surface area contributed by atoms with Crippen LogP contribution in [-0.4, -0.2) is 33.1 Å². The Balaban J connectivity index is 1.66. The van der Waals surface area contributed by atoms with E-state index in [1.807, 2.05) is 6.92 Å². The molecule has 0 unspecified atom stereocenters. The van der Waals surface area contributed by atoms with Gasteiger partial charge in [-0.3, -0.25) is 4.79 Å². The second-order valence-corrected chi connectivity index (χ2v) is 5.84. The number of nitrogens with zero attached hydrogens (tertiary/aromatic N) is 3. The zero-order valence-corrected chi connectivity index (χ0v) is 14.4. The van der Waals surface area contributed by atoms with Crippen LogP contribution >= 0.6 is 11.6 Å². The number of halogens is 1. The van der Waals surface area contributed by atoms with Crippen molar-refractivity contribution in [1.29, 1.82) is 0 Å². The van der Waals surface area contributed by atoms with Crippen LogP contribution in [0.2, 0.25) is 5.02 Å². The normalized spacial score (nSPS) is 10.7. The van der Waals surface area contributed by atoms with E-state index in [0.717, 1.165) is 5.56 Å². The Bertz CT molecular complexity index is 968. The van der Waals surface area contributed by atoms with Crippen LogP contribution in [0.5, 0.6) is 0 Å². The molecular weight excluding hydrogens is 344 g/mol. The lowest BCUT2D eigenvalue weighted by Gasteiger charge is -2.07. The molecule has 2 heterocycles. The first-order chi connectivity index (χ1) is 12.0. The molecular formula is C17H15ClN4O3. The average Bonchev–Trinajstić information content (AvgIpc) is 2.92. The number of carbonyl (C=O) groups is 2. The van der Waals surface area contributed by atoms with E-state index in [-0.39, 0.29) is 5.56 Å². The molecule has 3 aromatic rings. The third-order valence-corrected chi connectivity index (χ3v) is 3.97. The number of hydrogen-bond acceptors (Lipinski definition) is 5. The maximum absolute atomic E-state index is 12.3. The van der Waals surface area contributed by atoms with Crippen molar-refractivity contribution in [3.05, 3.63) is 58.5 Å². The Morgan fingerprint density at radius 2 is 2.12 bits per heavy atom. The molecule has 128 valence electrons. The predicted octanol–water partition coefficient (Wildman–Crippen LogP) is 2.80. The van der Waals surface area contributed by atoms with Crippen LogP contribution in [0.15, 0.2) is 36.7 Å². The summed E-state index contributed by atoms with van der Waals surface area (Å²) in [5, 5.41) is 7.35. The van der Waals surface area contributed by atoms with Gasteiger partial charge in [-0.1, -0.05) is 17.7 Å². The van der Waals surface area contributed by atoms with Crippen LogP contribution in [0.1, 0.15) is 21.6 Å². The summed E-state index contributed by atoms with van der Waals surface area (Å²) in [4.78, 5) is 28.4. The second kappa shape index (κ2) is 6.90. The van der Waals surface area contributed by atoms with Crippen LogP contribution in [0.25, 0.3) is 5.65 Å². The second-order valence-electron chi connectivity index (χ2n) is 5.44. The first-order valence-electron chi connectivity index (χ1n) is 7.49. The fourth-order valence-corrected chi connectivity index (χ4v) is 2.49. The third-order valence-electron chi connectivity index (χ3n) is 3.56. The highest BCUT2D eigenvalue weighted by Gasteiger charge is 2.20. The van der Waals surface area contributed by atoms with Crippen molar-refractivity contribution in [2.45, 2.75) is 13.8 Å². The van der Waals surface area contributed by atoms with Crippen molar-refractivity contribution in [1.82, 2.24) is 14.6 Å². The zero-order chi connectivity index (χ0) is 18.0. The molecule has 0 aliphatic heterocycles. The standard InChI is InChI=1S/C17H15ClN4O3/c1-10-4-5-12(8-13(10)18)20-14(23)9-25-17(24)15-11(2)21-22-7-3-6-19-16(15)22/h3-8H,9H2,1-2H3,(H,20,23). The van der Waals surface area contributed by atoms with Gasteiger partial charge in [0, 0.05) is 23.1 Å². The van der Waals surface area contributed by atoms with Crippen LogP contribution in [0.4, 0.5) is 5.69 Å². The van der Waals surface area contributed by atoms with Crippen molar-refractivity contribution in [2.24, 2.45) is 0 Å². The largest absolute Gasteiger partial charge is 0.452 e. The predicted molar refractivity (Wildman–Crippen MR) is 92.8 cm³/mol. The fraction of sp³-hybridized carbons (Fsp3) is 0.176. The molecule has 0 saturated carbocycles. The van der Waals surface area contributed by atoms with Crippen LogP contribution in [0.3, 0.4) is 0 Å². The monoisotopic (exact) mass is 358 g/mol. The summed E-state index contributed by atoms with van der Waals surface area (Å²) in [5.74, 6) is -1.11. The quantitative estimate of drug-likeness (QED) is 0.725. The van der Waals surface area contributed by atoms with Gasteiger partial charge >= 0.3 is 5.97 Å². The van der Waals surface area contributed by atoms with Gasteiger partial charge in [0.15, 0.2) is 12.3 Å². The Morgan fingerprint density at radius 1 is 1.32 bits per heavy atom. The number of ether oxygens (including phenoxy) is 1. The van der Waals surface area contributed by atoms with Gasteiger partial charge in [-0.2, -0.15) is 5.10 Å². The summed E-state index contributed by atoms with van der Waals surface area (Å²) in [6.07, 6.45) is 3.24. The smallest absolute Gasteiger partial charge is 0.344 e. The molecule has 7 nitrogen and oxygen atoms in total.